The predicted molar refractivity (Wildman–Crippen MR) is 75.8 cm³/mol. The first kappa shape index (κ1) is 13.4. The van der Waals surface area contributed by atoms with Gasteiger partial charge < -0.3 is 5.11 Å². The van der Waals surface area contributed by atoms with Crippen LogP contribution in [0.3, 0.4) is 0 Å². The number of fused-ring (bicyclic) bond motifs is 1. The fraction of sp³-hybridized carbons (Fsp3) is 0.250. The standard InChI is InChI=1S/C12H11N5O3S/c18-10(19)8-3-1-5-9-7(8)4-2-6-17(9)12(20)13-11-14-15-16-21-11/h1,3,5H,2,4,6H2,(H,18,19)(H,13,14,16,20). The van der Waals surface area contributed by atoms with E-state index in [1.54, 1.807) is 18.2 Å². The number of urea groups is 1. The molecule has 0 radical (unpaired) electrons. The predicted octanol–water partition coefficient (Wildman–Crippen LogP) is 1.62. The lowest BCUT2D eigenvalue weighted by molar-refractivity contribution is 0.0695. The number of hydrogen-bond donors (Lipinski definition) is 2. The minimum absolute atomic E-state index is 0.239. The summed E-state index contributed by atoms with van der Waals surface area (Å²) in [5.41, 5.74) is 1.54. The van der Waals surface area contributed by atoms with Crippen LogP contribution < -0.4 is 10.2 Å². The molecule has 9 heteroatoms. The lowest BCUT2D eigenvalue weighted by Gasteiger charge is -2.29. The molecule has 1 aromatic carbocycles. The monoisotopic (exact) mass is 305 g/mol. The van der Waals surface area contributed by atoms with Gasteiger partial charge in [0.2, 0.25) is 5.13 Å². The van der Waals surface area contributed by atoms with E-state index >= 15 is 0 Å². The van der Waals surface area contributed by atoms with Crippen LogP contribution in [-0.4, -0.2) is 38.5 Å². The Morgan fingerprint density at radius 1 is 1.38 bits per heavy atom. The molecule has 2 amide bonds. The van der Waals surface area contributed by atoms with Crippen molar-refractivity contribution in [1.82, 2.24) is 14.8 Å². The highest BCUT2D eigenvalue weighted by molar-refractivity contribution is 7.09. The maximum atomic E-state index is 12.3. The first-order valence-electron chi connectivity index (χ1n) is 6.25. The molecular formula is C12H11N5O3S. The van der Waals surface area contributed by atoms with Crippen molar-refractivity contribution in [3.8, 4) is 0 Å². The summed E-state index contributed by atoms with van der Waals surface area (Å²) in [5, 5.41) is 19.2. The fourth-order valence-electron chi connectivity index (χ4n) is 2.38. The van der Waals surface area contributed by atoms with Crippen LogP contribution in [0.25, 0.3) is 0 Å². The molecule has 0 aliphatic carbocycles. The number of hydrogen-bond acceptors (Lipinski definition) is 6. The number of nitrogens with zero attached hydrogens (tertiary/aromatic N) is 4. The maximum Gasteiger partial charge on any atom is 0.336 e. The average molecular weight is 305 g/mol. The lowest BCUT2D eigenvalue weighted by atomic mass is 9.96. The molecule has 8 nitrogen and oxygen atoms in total. The largest absolute Gasteiger partial charge is 0.478 e. The molecule has 1 aromatic heterocycles. The van der Waals surface area contributed by atoms with Crippen LogP contribution in [0.5, 0.6) is 0 Å². The normalized spacial score (nSPS) is 13.6. The second-order valence-electron chi connectivity index (χ2n) is 4.46. The zero-order chi connectivity index (χ0) is 14.8. The van der Waals surface area contributed by atoms with Gasteiger partial charge in [-0.15, -0.1) is 0 Å². The lowest BCUT2D eigenvalue weighted by Crippen LogP contribution is -2.39. The molecule has 0 saturated carbocycles. The van der Waals surface area contributed by atoms with Gasteiger partial charge in [-0.25, -0.2) is 9.59 Å². The Bertz CT molecular complexity index is 688. The number of anilines is 2. The van der Waals surface area contributed by atoms with Gasteiger partial charge in [-0.1, -0.05) is 15.7 Å². The van der Waals surface area contributed by atoms with Crippen LogP contribution in [0.1, 0.15) is 22.3 Å². The Hall–Kier alpha value is -2.55. The molecule has 1 aliphatic heterocycles. The van der Waals surface area contributed by atoms with Crippen molar-refractivity contribution in [2.45, 2.75) is 12.8 Å². The van der Waals surface area contributed by atoms with E-state index in [-0.39, 0.29) is 11.6 Å². The number of carbonyl (C=O) groups is 2. The van der Waals surface area contributed by atoms with Gasteiger partial charge in [-0.05, 0) is 35.8 Å². The number of carboxylic acid groups (broad SMARTS) is 1. The molecule has 3 rings (SSSR count). The zero-order valence-electron chi connectivity index (χ0n) is 10.8. The number of carbonyl (C=O) groups excluding carboxylic acids is 1. The summed E-state index contributed by atoms with van der Waals surface area (Å²) in [6.07, 6.45) is 1.35. The molecule has 0 saturated heterocycles. The third-order valence-electron chi connectivity index (χ3n) is 3.24. The minimum atomic E-state index is -0.984. The molecule has 108 valence electrons. The van der Waals surface area contributed by atoms with Crippen LogP contribution in [0, 0.1) is 0 Å². The van der Waals surface area contributed by atoms with Crippen molar-refractivity contribution in [3.05, 3.63) is 29.3 Å². The van der Waals surface area contributed by atoms with Gasteiger partial charge >= 0.3 is 12.0 Å². The summed E-state index contributed by atoms with van der Waals surface area (Å²) in [6, 6.07) is 4.58. The molecule has 0 bridgehead atoms. The first-order valence-corrected chi connectivity index (χ1v) is 7.03. The molecule has 2 aromatic rings. The van der Waals surface area contributed by atoms with E-state index in [4.69, 9.17) is 0 Å². The summed E-state index contributed by atoms with van der Waals surface area (Å²) < 4.78 is 3.57. The number of aromatic nitrogens is 3. The van der Waals surface area contributed by atoms with Crippen LogP contribution in [0.15, 0.2) is 18.2 Å². The SMILES string of the molecule is O=C(O)c1cccc2c1CCCN2C(=O)Nc1nnns1. The van der Waals surface area contributed by atoms with E-state index in [2.05, 4.69) is 20.1 Å². The van der Waals surface area contributed by atoms with Crippen LogP contribution >= 0.6 is 11.5 Å². The van der Waals surface area contributed by atoms with Crippen molar-refractivity contribution >= 4 is 34.4 Å². The minimum Gasteiger partial charge on any atom is -0.478 e. The summed E-state index contributed by atoms with van der Waals surface area (Å²) in [6.45, 7) is 0.522. The van der Waals surface area contributed by atoms with Gasteiger partial charge in [0.05, 0.1) is 5.56 Å². The van der Waals surface area contributed by atoms with E-state index in [0.29, 0.717) is 35.8 Å². The van der Waals surface area contributed by atoms with Crippen molar-refractivity contribution in [3.63, 3.8) is 0 Å². The second kappa shape index (κ2) is 5.44. The molecule has 21 heavy (non-hydrogen) atoms. The smallest absolute Gasteiger partial charge is 0.336 e. The van der Waals surface area contributed by atoms with Gasteiger partial charge in [0.25, 0.3) is 0 Å². The van der Waals surface area contributed by atoms with Gasteiger partial charge in [0, 0.05) is 23.8 Å². The Kier molecular flexibility index (Phi) is 3.48. The maximum absolute atomic E-state index is 12.3. The molecular weight excluding hydrogens is 294 g/mol. The highest BCUT2D eigenvalue weighted by Gasteiger charge is 2.26. The third kappa shape index (κ3) is 2.55. The molecule has 2 N–H and O–H groups in total. The molecule has 0 unspecified atom stereocenters. The Labute approximate surface area is 123 Å². The van der Waals surface area contributed by atoms with Gasteiger partial charge in [-0.2, -0.15) is 0 Å². The summed E-state index contributed by atoms with van der Waals surface area (Å²) >= 11 is 0.980. The van der Waals surface area contributed by atoms with E-state index < -0.39 is 5.97 Å². The molecule has 0 atom stereocenters. The number of aromatic carboxylic acids is 1. The summed E-state index contributed by atoms with van der Waals surface area (Å²) in [7, 11) is 0. The van der Waals surface area contributed by atoms with Crippen molar-refractivity contribution < 1.29 is 14.7 Å². The first-order chi connectivity index (χ1) is 10.2. The zero-order valence-corrected chi connectivity index (χ0v) is 11.6. The summed E-state index contributed by atoms with van der Waals surface area (Å²) in [5.74, 6) is -0.984. The number of amides is 2. The van der Waals surface area contributed by atoms with Crippen molar-refractivity contribution in [2.75, 3.05) is 16.8 Å². The Morgan fingerprint density at radius 2 is 2.24 bits per heavy atom. The van der Waals surface area contributed by atoms with Gasteiger partial charge in [0.1, 0.15) is 0 Å². The number of nitrogens with one attached hydrogen (secondary N) is 1. The summed E-state index contributed by atoms with van der Waals surface area (Å²) in [4.78, 5) is 25.1. The quantitative estimate of drug-likeness (QED) is 0.872. The van der Waals surface area contributed by atoms with Gasteiger partial charge in [-0.3, -0.25) is 10.2 Å². The fourth-order valence-corrected chi connectivity index (χ4v) is 2.73. The third-order valence-corrected chi connectivity index (χ3v) is 3.75. The van der Waals surface area contributed by atoms with Crippen LogP contribution in [0.4, 0.5) is 15.6 Å². The van der Waals surface area contributed by atoms with E-state index in [1.165, 1.54) is 4.90 Å². The molecule has 1 aliphatic rings. The van der Waals surface area contributed by atoms with Crippen molar-refractivity contribution in [1.29, 1.82) is 0 Å². The Morgan fingerprint density at radius 3 is 2.95 bits per heavy atom. The van der Waals surface area contributed by atoms with Crippen molar-refractivity contribution in [2.24, 2.45) is 0 Å². The number of carboxylic acids is 1. The topological polar surface area (TPSA) is 108 Å². The average Bonchev–Trinajstić information content (AvgIpc) is 2.98. The highest BCUT2D eigenvalue weighted by Crippen LogP contribution is 2.30. The van der Waals surface area contributed by atoms with Crippen LogP contribution in [0.2, 0.25) is 0 Å². The van der Waals surface area contributed by atoms with E-state index in [0.717, 1.165) is 11.5 Å². The number of rotatable bonds is 2. The second-order valence-corrected chi connectivity index (χ2v) is 5.19. The van der Waals surface area contributed by atoms with E-state index in [1.807, 2.05) is 0 Å². The van der Waals surface area contributed by atoms with Crippen LogP contribution in [-0.2, 0) is 6.42 Å². The Balaban J connectivity index is 1.92. The van der Waals surface area contributed by atoms with Gasteiger partial charge in [0.15, 0.2) is 0 Å². The van der Waals surface area contributed by atoms with E-state index in [9.17, 15) is 14.7 Å². The molecule has 0 spiro atoms. The number of benzene rings is 1. The highest BCUT2D eigenvalue weighted by atomic mass is 32.1. The molecule has 2 heterocycles. The molecule has 0 fully saturated rings.